The molecule has 0 spiro atoms. The van der Waals surface area contributed by atoms with Crippen LogP contribution in [0.4, 0.5) is 5.69 Å². The van der Waals surface area contributed by atoms with Gasteiger partial charge in [-0.25, -0.2) is 0 Å². The summed E-state index contributed by atoms with van der Waals surface area (Å²) in [6, 6.07) is 9.45. The molecule has 0 radical (unpaired) electrons. The van der Waals surface area contributed by atoms with Gasteiger partial charge in [-0.2, -0.15) is 0 Å². The molecule has 0 aromatic heterocycles. The van der Waals surface area contributed by atoms with Gasteiger partial charge in [0.2, 0.25) is 12.7 Å². The van der Waals surface area contributed by atoms with Crippen molar-refractivity contribution in [2.24, 2.45) is 0 Å². The number of hydrogen-bond acceptors (Lipinski definition) is 4. The second-order valence-electron chi connectivity index (χ2n) is 6.33. The number of fused-ring (bicyclic) bond motifs is 1. The van der Waals surface area contributed by atoms with E-state index in [0.29, 0.717) is 40.9 Å². The standard InChI is InChI=1S/C19H16Cl2N2O4/c1-11-18(24)23(13-3-5-16-17(9-13)27-10-26-16)7-6-22(11)19(25)14-4-2-12(20)8-15(14)21/h2-5,8-9,11H,6-7,10H2,1H3/t11-/m0/s1. The molecule has 0 N–H and O–H groups in total. The van der Waals surface area contributed by atoms with Crippen LogP contribution in [-0.2, 0) is 4.79 Å². The molecule has 1 fully saturated rings. The first-order chi connectivity index (χ1) is 13.0. The topological polar surface area (TPSA) is 59.1 Å². The quantitative estimate of drug-likeness (QED) is 0.764. The number of anilines is 1. The maximum absolute atomic E-state index is 12.9. The Morgan fingerprint density at radius 2 is 1.85 bits per heavy atom. The average molecular weight is 407 g/mol. The van der Waals surface area contributed by atoms with Crippen LogP contribution in [0, 0.1) is 0 Å². The third-order valence-electron chi connectivity index (χ3n) is 4.75. The molecule has 2 aromatic carbocycles. The summed E-state index contributed by atoms with van der Waals surface area (Å²) in [6.45, 7) is 2.65. The van der Waals surface area contributed by atoms with Crippen LogP contribution >= 0.6 is 23.2 Å². The number of rotatable bonds is 2. The molecule has 4 rings (SSSR count). The highest BCUT2D eigenvalue weighted by Crippen LogP contribution is 2.36. The molecule has 27 heavy (non-hydrogen) atoms. The zero-order chi connectivity index (χ0) is 19.1. The van der Waals surface area contributed by atoms with E-state index in [1.807, 2.05) is 6.07 Å². The molecule has 2 amide bonds. The van der Waals surface area contributed by atoms with Crippen molar-refractivity contribution in [2.45, 2.75) is 13.0 Å². The van der Waals surface area contributed by atoms with Gasteiger partial charge in [0.05, 0.1) is 10.6 Å². The van der Waals surface area contributed by atoms with Gasteiger partial charge in [0.25, 0.3) is 5.91 Å². The van der Waals surface area contributed by atoms with Crippen LogP contribution in [0.25, 0.3) is 0 Å². The van der Waals surface area contributed by atoms with E-state index < -0.39 is 6.04 Å². The summed E-state index contributed by atoms with van der Waals surface area (Å²) in [5.41, 5.74) is 1.05. The molecule has 2 heterocycles. The second kappa shape index (κ2) is 6.94. The van der Waals surface area contributed by atoms with Crippen LogP contribution in [-0.4, -0.2) is 42.6 Å². The number of amides is 2. The van der Waals surface area contributed by atoms with Gasteiger partial charge in [-0.1, -0.05) is 23.2 Å². The fraction of sp³-hybridized carbons (Fsp3) is 0.263. The van der Waals surface area contributed by atoms with Crippen LogP contribution in [0.1, 0.15) is 17.3 Å². The lowest BCUT2D eigenvalue weighted by Crippen LogP contribution is -2.57. The largest absolute Gasteiger partial charge is 0.454 e. The lowest BCUT2D eigenvalue weighted by Gasteiger charge is -2.39. The molecular formula is C19H16Cl2N2O4. The molecule has 1 atom stereocenters. The number of halogens is 2. The number of nitrogens with zero attached hydrogens (tertiary/aromatic N) is 2. The van der Waals surface area contributed by atoms with Gasteiger partial charge in [-0.05, 0) is 37.3 Å². The van der Waals surface area contributed by atoms with E-state index in [9.17, 15) is 9.59 Å². The highest BCUT2D eigenvalue weighted by Gasteiger charge is 2.36. The summed E-state index contributed by atoms with van der Waals surface area (Å²) in [5.74, 6) is 0.811. The fourth-order valence-electron chi connectivity index (χ4n) is 3.27. The molecular weight excluding hydrogens is 391 g/mol. The first-order valence-corrected chi connectivity index (χ1v) is 9.18. The molecule has 2 aliphatic heterocycles. The van der Waals surface area contributed by atoms with Crippen LogP contribution in [0.5, 0.6) is 11.5 Å². The van der Waals surface area contributed by atoms with E-state index in [2.05, 4.69) is 0 Å². The third-order valence-corrected chi connectivity index (χ3v) is 5.29. The summed E-state index contributed by atoms with van der Waals surface area (Å²) in [5, 5.41) is 0.721. The van der Waals surface area contributed by atoms with E-state index in [0.717, 1.165) is 0 Å². The van der Waals surface area contributed by atoms with E-state index in [4.69, 9.17) is 32.7 Å². The lowest BCUT2D eigenvalue weighted by molar-refractivity contribution is -0.124. The maximum Gasteiger partial charge on any atom is 0.256 e. The Bertz CT molecular complexity index is 934. The monoisotopic (exact) mass is 406 g/mol. The first kappa shape index (κ1) is 17.9. The zero-order valence-electron chi connectivity index (χ0n) is 14.4. The molecule has 2 aromatic rings. The molecule has 0 bridgehead atoms. The van der Waals surface area contributed by atoms with Gasteiger partial charge < -0.3 is 19.3 Å². The summed E-state index contributed by atoms with van der Waals surface area (Å²) in [7, 11) is 0. The fourth-order valence-corrected chi connectivity index (χ4v) is 3.76. The molecule has 2 aliphatic rings. The average Bonchev–Trinajstić information content (AvgIpc) is 3.11. The number of ether oxygens (including phenoxy) is 2. The number of benzene rings is 2. The van der Waals surface area contributed by atoms with Gasteiger partial charge in [0.15, 0.2) is 11.5 Å². The second-order valence-corrected chi connectivity index (χ2v) is 7.17. The summed E-state index contributed by atoms with van der Waals surface area (Å²) < 4.78 is 10.7. The minimum Gasteiger partial charge on any atom is -0.454 e. The normalized spacial score (nSPS) is 18.8. The summed E-state index contributed by atoms with van der Waals surface area (Å²) in [4.78, 5) is 29.0. The minimum atomic E-state index is -0.622. The zero-order valence-corrected chi connectivity index (χ0v) is 16.0. The molecule has 0 saturated carbocycles. The van der Waals surface area contributed by atoms with Crippen molar-refractivity contribution in [2.75, 3.05) is 24.8 Å². The highest BCUT2D eigenvalue weighted by molar-refractivity contribution is 6.36. The van der Waals surface area contributed by atoms with Gasteiger partial charge in [0.1, 0.15) is 6.04 Å². The Kier molecular flexibility index (Phi) is 4.61. The predicted molar refractivity (Wildman–Crippen MR) is 102 cm³/mol. The van der Waals surface area contributed by atoms with E-state index in [1.54, 1.807) is 36.1 Å². The smallest absolute Gasteiger partial charge is 0.256 e. The number of piperazine rings is 1. The Hall–Kier alpha value is -2.44. The predicted octanol–water partition coefficient (Wildman–Crippen LogP) is 3.60. The Balaban J connectivity index is 1.55. The van der Waals surface area contributed by atoms with Crippen LogP contribution < -0.4 is 14.4 Å². The van der Waals surface area contributed by atoms with Gasteiger partial charge in [-0.15, -0.1) is 0 Å². The van der Waals surface area contributed by atoms with E-state index >= 15 is 0 Å². The number of carbonyl (C=O) groups is 2. The molecule has 0 aliphatic carbocycles. The van der Waals surface area contributed by atoms with Crippen molar-refractivity contribution in [3.05, 3.63) is 52.0 Å². The summed E-state index contributed by atoms with van der Waals surface area (Å²) in [6.07, 6.45) is 0. The van der Waals surface area contributed by atoms with Crippen molar-refractivity contribution in [3.63, 3.8) is 0 Å². The Morgan fingerprint density at radius 1 is 1.07 bits per heavy atom. The van der Waals surface area contributed by atoms with Crippen molar-refractivity contribution in [1.29, 1.82) is 0 Å². The van der Waals surface area contributed by atoms with Gasteiger partial charge in [-0.3, -0.25) is 9.59 Å². The van der Waals surface area contributed by atoms with Gasteiger partial charge in [0, 0.05) is 29.9 Å². The van der Waals surface area contributed by atoms with Crippen LogP contribution in [0.15, 0.2) is 36.4 Å². The van der Waals surface area contributed by atoms with Crippen molar-refractivity contribution in [3.8, 4) is 11.5 Å². The molecule has 8 heteroatoms. The third kappa shape index (κ3) is 3.19. The molecule has 6 nitrogen and oxygen atoms in total. The van der Waals surface area contributed by atoms with Crippen LogP contribution in [0.3, 0.4) is 0 Å². The Morgan fingerprint density at radius 3 is 2.63 bits per heavy atom. The molecule has 140 valence electrons. The summed E-state index contributed by atoms with van der Waals surface area (Å²) >= 11 is 12.1. The van der Waals surface area contributed by atoms with Crippen molar-refractivity contribution in [1.82, 2.24) is 4.90 Å². The van der Waals surface area contributed by atoms with Crippen molar-refractivity contribution >= 4 is 40.7 Å². The van der Waals surface area contributed by atoms with Crippen LogP contribution in [0.2, 0.25) is 10.0 Å². The maximum atomic E-state index is 12.9. The van der Waals surface area contributed by atoms with E-state index in [1.165, 1.54) is 11.0 Å². The van der Waals surface area contributed by atoms with Crippen molar-refractivity contribution < 1.29 is 19.1 Å². The van der Waals surface area contributed by atoms with Gasteiger partial charge >= 0.3 is 0 Å². The Labute approximate surface area is 166 Å². The number of carbonyl (C=O) groups excluding carboxylic acids is 2. The lowest BCUT2D eigenvalue weighted by atomic mass is 10.1. The SMILES string of the molecule is C[C@H]1C(=O)N(c2ccc3c(c2)OCO3)CCN1C(=O)c1ccc(Cl)cc1Cl. The minimum absolute atomic E-state index is 0.168. The highest BCUT2D eigenvalue weighted by atomic mass is 35.5. The molecule has 0 unspecified atom stereocenters. The molecule has 1 saturated heterocycles. The van der Waals surface area contributed by atoms with E-state index in [-0.39, 0.29) is 23.6 Å². The number of hydrogen-bond donors (Lipinski definition) is 0. The first-order valence-electron chi connectivity index (χ1n) is 8.43.